The molecule has 0 spiro atoms. The maximum atomic E-state index is 9.09. The standard InChI is InChI=1S/C10H17N5O2/c1-17-10-13-8(11)12-9(14-10)15(5-6-16)7-3-2-4-7/h7,16H,2-6H2,1H3,(H2,11,12,13,14). The van der Waals surface area contributed by atoms with Crippen molar-refractivity contribution >= 4 is 11.9 Å². The van der Waals surface area contributed by atoms with Crippen LogP contribution in [0.1, 0.15) is 19.3 Å². The Kier molecular flexibility index (Phi) is 3.58. The number of rotatable bonds is 5. The lowest BCUT2D eigenvalue weighted by Crippen LogP contribution is -2.43. The van der Waals surface area contributed by atoms with E-state index in [0.29, 0.717) is 18.5 Å². The van der Waals surface area contributed by atoms with Gasteiger partial charge in [0.15, 0.2) is 0 Å². The summed E-state index contributed by atoms with van der Waals surface area (Å²) >= 11 is 0. The summed E-state index contributed by atoms with van der Waals surface area (Å²) in [7, 11) is 1.48. The largest absolute Gasteiger partial charge is 0.467 e. The Morgan fingerprint density at radius 2 is 2.18 bits per heavy atom. The minimum Gasteiger partial charge on any atom is -0.467 e. The number of methoxy groups -OCH3 is 1. The molecule has 0 unspecified atom stereocenters. The van der Waals surface area contributed by atoms with Crippen LogP contribution in [0.4, 0.5) is 11.9 Å². The summed E-state index contributed by atoms with van der Waals surface area (Å²) in [6.45, 7) is 0.557. The molecule has 0 aromatic carbocycles. The molecule has 1 aromatic rings. The summed E-state index contributed by atoms with van der Waals surface area (Å²) in [4.78, 5) is 14.1. The molecule has 1 aromatic heterocycles. The van der Waals surface area contributed by atoms with E-state index in [1.807, 2.05) is 4.90 Å². The lowest BCUT2D eigenvalue weighted by atomic mass is 9.92. The molecule has 1 aliphatic carbocycles. The van der Waals surface area contributed by atoms with Gasteiger partial charge in [-0.1, -0.05) is 0 Å². The van der Waals surface area contributed by atoms with Crippen LogP contribution in [0.5, 0.6) is 6.01 Å². The average Bonchev–Trinajstić information content (AvgIpc) is 2.25. The van der Waals surface area contributed by atoms with E-state index in [2.05, 4.69) is 15.0 Å². The van der Waals surface area contributed by atoms with Gasteiger partial charge in [-0.15, -0.1) is 0 Å². The van der Waals surface area contributed by atoms with Crippen LogP contribution in [0.2, 0.25) is 0 Å². The third-order valence-corrected chi connectivity index (χ3v) is 2.92. The fraction of sp³-hybridized carbons (Fsp3) is 0.700. The van der Waals surface area contributed by atoms with Crippen molar-refractivity contribution in [3.05, 3.63) is 0 Å². The maximum absolute atomic E-state index is 9.09. The number of aromatic nitrogens is 3. The molecule has 1 fully saturated rings. The minimum absolute atomic E-state index is 0.0599. The summed E-state index contributed by atoms with van der Waals surface area (Å²) in [5.41, 5.74) is 5.60. The smallest absolute Gasteiger partial charge is 0.322 e. The van der Waals surface area contributed by atoms with E-state index in [1.54, 1.807) is 0 Å². The minimum atomic E-state index is 0.0599. The number of nitrogen functional groups attached to an aromatic ring is 1. The van der Waals surface area contributed by atoms with E-state index >= 15 is 0 Å². The molecule has 0 amide bonds. The summed E-state index contributed by atoms with van der Waals surface area (Å²) in [5, 5.41) is 9.09. The zero-order chi connectivity index (χ0) is 12.3. The normalized spacial score (nSPS) is 15.4. The van der Waals surface area contributed by atoms with Crippen molar-refractivity contribution in [3.63, 3.8) is 0 Å². The second-order valence-corrected chi connectivity index (χ2v) is 3.98. The fourth-order valence-corrected chi connectivity index (χ4v) is 1.83. The lowest BCUT2D eigenvalue weighted by molar-refractivity contribution is 0.281. The molecule has 1 heterocycles. The summed E-state index contributed by atoms with van der Waals surface area (Å²) in [5.74, 6) is 0.613. The first-order chi connectivity index (χ1) is 8.24. The van der Waals surface area contributed by atoms with E-state index in [9.17, 15) is 0 Å². The predicted octanol–water partition coefficient (Wildman–Crippen LogP) is -0.186. The summed E-state index contributed by atoms with van der Waals surface area (Å²) in [6.07, 6.45) is 3.38. The van der Waals surface area contributed by atoms with E-state index in [-0.39, 0.29) is 18.6 Å². The Balaban J connectivity index is 2.24. The van der Waals surface area contributed by atoms with Crippen LogP contribution in [0.25, 0.3) is 0 Å². The van der Waals surface area contributed by atoms with Crippen LogP contribution in [0.15, 0.2) is 0 Å². The first-order valence-corrected chi connectivity index (χ1v) is 5.67. The van der Waals surface area contributed by atoms with Crippen molar-refractivity contribution in [1.82, 2.24) is 15.0 Å². The number of ether oxygens (including phenoxy) is 1. The number of anilines is 2. The van der Waals surface area contributed by atoms with Crippen LogP contribution in [0.3, 0.4) is 0 Å². The molecule has 3 N–H and O–H groups in total. The number of nitrogens with zero attached hydrogens (tertiary/aromatic N) is 4. The molecule has 0 bridgehead atoms. The van der Waals surface area contributed by atoms with Gasteiger partial charge >= 0.3 is 6.01 Å². The third kappa shape index (κ3) is 2.55. The molecule has 17 heavy (non-hydrogen) atoms. The van der Waals surface area contributed by atoms with Crippen molar-refractivity contribution in [1.29, 1.82) is 0 Å². The van der Waals surface area contributed by atoms with Gasteiger partial charge in [0.1, 0.15) is 0 Å². The van der Waals surface area contributed by atoms with Gasteiger partial charge in [0.05, 0.1) is 13.7 Å². The lowest BCUT2D eigenvalue weighted by Gasteiger charge is -2.37. The van der Waals surface area contributed by atoms with Crippen molar-refractivity contribution in [3.8, 4) is 6.01 Å². The summed E-state index contributed by atoms with van der Waals surface area (Å²) < 4.78 is 4.96. The first kappa shape index (κ1) is 11.8. The number of nitrogens with two attached hydrogens (primary N) is 1. The molecule has 7 heteroatoms. The van der Waals surface area contributed by atoms with Gasteiger partial charge in [-0.2, -0.15) is 15.0 Å². The Hall–Kier alpha value is -1.63. The van der Waals surface area contributed by atoms with Crippen LogP contribution in [-0.4, -0.2) is 46.4 Å². The third-order valence-electron chi connectivity index (χ3n) is 2.92. The molecule has 0 aliphatic heterocycles. The number of aliphatic hydroxyl groups excluding tert-OH is 1. The van der Waals surface area contributed by atoms with Crippen LogP contribution in [-0.2, 0) is 0 Å². The van der Waals surface area contributed by atoms with Gasteiger partial charge in [0.2, 0.25) is 11.9 Å². The summed E-state index contributed by atoms with van der Waals surface area (Å²) in [6, 6.07) is 0.586. The van der Waals surface area contributed by atoms with Crippen molar-refractivity contribution in [2.45, 2.75) is 25.3 Å². The Labute approximate surface area is 99.6 Å². The zero-order valence-corrected chi connectivity index (χ0v) is 9.83. The van der Waals surface area contributed by atoms with Gasteiger partial charge in [-0.3, -0.25) is 0 Å². The molecule has 0 radical (unpaired) electrons. The van der Waals surface area contributed by atoms with Crippen LogP contribution < -0.4 is 15.4 Å². The van der Waals surface area contributed by atoms with Crippen LogP contribution in [0, 0.1) is 0 Å². The molecule has 1 saturated carbocycles. The van der Waals surface area contributed by atoms with Gasteiger partial charge in [0.25, 0.3) is 0 Å². The number of hydrogen-bond donors (Lipinski definition) is 2. The molecular formula is C10H17N5O2. The Bertz CT molecular complexity index is 383. The average molecular weight is 239 g/mol. The highest BCUT2D eigenvalue weighted by atomic mass is 16.5. The molecule has 0 saturated heterocycles. The van der Waals surface area contributed by atoms with Gasteiger partial charge < -0.3 is 20.5 Å². The maximum Gasteiger partial charge on any atom is 0.322 e. The van der Waals surface area contributed by atoms with Crippen molar-refractivity contribution in [2.75, 3.05) is 30.9 Å². The molecule has 94 valence electrons. The predicted molar refractivity (Wildman–Crippen MR) is 62.9 cm³/mol. The van der Waals surface area contributed by atoms with Crippen molar-refractivity contribution in [2.24, 2.45) is 0 Å². The Morgan fingerprint density at radius 3 is 2.71 bits per heavy atom. The van der Waals surface area contributed by atoms with E-state index in [0.717, 1.165) is 12.8 Å². The second kappa shape index (κ2) is 5.13. The van der Waals surface area contributed by atoms with Gasteiger partial charge in [0, 0.05) is 12.6 Å². The molecule has 7 nitrogen and oxygen atoms in total. The highest BCUT2D eigenvalue weighted by Gasteiger charge is 2.27. The Morgan fingerprint density at radius 1 is 1.41 bits per heavy atom. The molecular weight excluding hydrogens is 222 g/mol. The van der Waals surface area contributed by atoms with E-state index in [4.69, 9.17) is 15.6 Å². The molecule has 2 rings (SSSR count). The van der Waals surface area contributed by atoms with Crippen LogP contribution >= 0.6 is 0 Å². The highest BCUT2D eigenvalue weighted by molar-refractivity contribution is 5.37. The van der Waals surface area contributed by atoms with E-state index < -0.39 is 0 Å². The van der Waals surface area contributed by atoms with E-state index in [1.165, 1.54) is 13.5 Å². The molecule has 1 aliphatic rings. The monoisotopic (exact) mass is 239 g/mol. The topological polar surface area (TPSA) is 97.4 Å². The quantitative estimate of drug-likeness (QED) is 0.735. The number of hydrogen-bond acceptors (Lipinski definition) is 7. The first-order valence-electron chi connectivity index (χ1n) is 5.67. The number of aliphatic hydroxyl groups is 1. The van der Waals surface area contributed by atoms with Gasteiger partial charge in [-0.25, -0.2) is 0 Å². The SMILES string of the molecule is COc1nc(N)nc(N(CCO)C2CCC2)n1. The molecule has 0 atom stereocenters. The fourth-order valence-electron chi connectivity index (χ4n) is 1.83. The van der Waals surface area contributed by atoms with Crippen molar-refractivity contribution < 1.29 is 9.84 Å². The second-order valence-electron chi connectivity index (χ2n) is 3.98. The van der Waals surface area contributed by atoms with Gasteiger partial charge in [-0.05, 0) is 19.3 Å². The zero-order valence-electron chi connectivity index (χ0n) is 9.83. The highest BCUT2D eigenvalue weighted by Crippen LogP contribution is 2.28.